The maximum absolute atomic E-state index is 13.0. The lowest BCUT2D eigenvalue weighted by Crippen LogP contribution is -2.27. The lowest BCUT2D eigenvalue weighted by molar-refractivity contribution is -0.152. The highest BCUT2D eigenvalue weighted by Gasteiger charge is 2.36. The van der Waals surface area contributed by atoms with Crippen molar-refractivity contribution in [2.45, 2.75) is 85.2 Å². The third kappa shape index (κ3) is 8.73. The molecule has 0 bridgehead atoms. The Morgan fingerprint density at radius 2 is 1.37 bits per heavy atom. The van der Waals surface area contributed by atoms with Gasteiger partial charge in [0, 0.05) is 63.9 Å². The largest absolute Gasteiger partial charge is 0.463 e. The molecular weight excluding hydrogens is 518 g/mol. The first-order valence-corrected chi connectivity index (χ1v) is 14.7. The normalized spacial score (nSPS) is 19.1. The van der Waals surface area contributed by atoms with E-state index in [-0.39, 0.29) is 48.4 Å². The number of benzene rings is 2. The smallest absolute Gasteiger partial charge is 0.311 e. The quantitative estimate of drug-likeness (QED) is 0.371. The Bertz CT molecular complexity index is 1260. The molecule has 2 atom stereocenters. The number of nitrogens with one attached hydrogen (secondary N) is 1. The summed E-state index contributed by atoms with van der Waals surface area (Å²) >= 11 is 0. The Labute approximate surface area is 243 Å². The summed E-state index contributed by atoms with van der Waals surface area (Å²) in [5.41, 5.74) is 4.24. The highest BCUT2D eigenvalue weighted by molar-refractivity contribution is 5.90. The van der Waals surface area contributed by atoms with Gasteiger partial charge in [0.05, 0.1) is 12.0 Å². The first-order chi connectivity index (χ1) is 19.6. The fraction of sp³-hybridized carbons (Fsp3) is 0.515. The molecule has 4 rings (SSSR count). The van der Waals surface area contributed by atoms with Crippen molar-refractivity contribution >= 4 is 23.6 Å². The van der Waals surface area contributed by atoms with Gasteiger partial charge in [0.2, 0.25) is 11.8 Å². The highest BCUT2D eigenvalue weighted by Crippen LogP contribution is 2.25. The van der Waals surface area contributed by atoms with Gasteiger partial charge in [-0.2, -0.15) is 0 Å². The van der Waals surface area contributed by atoms with Gasteiger partial charge in [0.15, 0.2) is 0 Å². The molecule has 2 aromatic carbocycles. The average molecular weight is 562 g/mol. The zero-order valence-corrected chi connectivity index (χ0v) is 24.7. The standard InChI is InChI=1S/C33H43N3O5/c1-22(2)34-17-25-8-5-7-24(13-25)11-12-30(37)28-15-31(38)35(20-28)18-26-9-6-10-27(14-26)19-36-21-29(16-32(36)39)33(40)41-23(3)4/h5-10,13-14,22-23,28-29,34H,11-12,15-21H2,1-4H3. The molecular formula is C33H43N3O5. The summed E-state index contributed by atoms with van der Waals surface area (Å²) in [4.78, 5) is 54.0. The summed E-state index contributed by atoms with van der Waals surface area (Å²) in [7, 11) is 0. The summed E-state index contributed by atoms with van der Waals surface area (Å²) in [5.74, 6) is -0.961. The van der Waals surface area contributed by atoms with Crippen LogP contribution in [-0.4, -0.2) is 58.6 Å². The molecule has 2 heterocycles. The van der Waals surface area contributed by atoms with E-state index in [2.05, 4.69) is 37.4 Å². The van der Waals surface area contributed by atoms with Gasteiger partial charge in [-0.1, -0.05) is 62.4 Å². The maximum Gasteiger partial charge on any atom is 0.311 e. The predicted octanol–water partition coefficient (Wildman–Crippen LogP) is 4.04. The van der Waals surface area contributed by atoms with Crippen molar-refractivity contribution in [2.24, 2.45) is 11.8 Å². The second-order valence-corrected chi connectivity index (χ2v) is 12.0. The van der Waals surface area contributed by atoms with E-state index < -0.39 is 5.92 Å². The highest BCUT2D eigenvalue weighted by atomic mass is 16.5. The van der Waals surface area contributed by atoms with Crippen LogP contribution in [-0.2, 0) is 50.0 Å². The van der Waals surface area contributed by atoms with Gasteiger partial charge in [-0.25, -0.2) is 0 Å². The molecule has 0 aliphatic carbocycles. The number of likely N-dealkylation sites (tertiary alicyclic amines) is 2. The van der Waals surface area contributed by atoms with E-state index in [9.17, 15) is 19.2 Å². The van der Waals surface area contributed by atoms with Crippen molar-refractivity contribution in [3.8, 4) is 0 Å². The molecule has 220 valence electrons. The Kier molecular flexibility index (Phi) is 10.3. The van der Waals surface area contributed by atoms with E-state index in [1.807, 2.05) is 30.3 Å². The molecule has 0 aromatic heterocycles. The third-order valence-corrected chi connectivity index (χ3v) is 7.67. The number of ether oxygens (including phenoxy) is 1. The minimum atomic E-state index is -0.435. The Hall–Kier alpha value is -3.52. The van der Waals surface area contributed by atoms with Crippen LogP contribution in [0, 0.1) is 11.8 Å². The van der Waals surface area contributed by atoms with Crippen LogP contribution in [0.1, 0.15) is 69.2 Å². The van der Waals surface area contributed by atoms with E-state index >= 15 is 0 Å². The van der Waals surface area contributed by atoms with Crippen LogP contribution in [0.3, 0.4) is 0 Å². The van der Waals surface area contributed by atoms with Gasteiger partial charge < -0.3 is 19.9 Å². The lowest BCUT2D eigenvalue weighted by atomic mass is 9.96. The SMILES string of the molecule is CC(C)NCc1cccc(CCC(=O)C2CC(=O)N(Cc3cccc(CN4CC(C(=O)OC(C)C)CC4=O)c3)C2)c1. The summed E-state index contributed by atoms with van der Waals surface area (Å²) in [6, 6.07) is 16.6. The van der Waals surface area contributed by atoms with Gasteiger partial charge in [-0.05, 0) is 42.5 Å². The van der Waals surface area contributed by atoms with Crippen LogP contribution >= 0.6 is 0 Å². The first-order valence-electron chi connectivity index (χ1n) is 14.7. The van der Waals surface area contributed by atoms with E-state index in [0.29, 0.717) is 45.1 Å². The monoisotopic (exact) mass is 561 g/mol. The summed E-state index contributed by atoms with van der Waals surface area (Å²) in [6.45, 7) is 10.3. The molecule has 0 radical (unpaired) electrons. The van der Waals surface area contributed by atoms with Crippen LogP contribution in [0.25, 0.3) is 0 Å². The van der Waals surface area contributed by atoms with Gasteiger partial charge in [-0.3, -0.25) is 19.2 Å². The average Bonchev–Trinajstić information content (AvgIpc) is 3.48. The number of Topliss-reactive ketones (excluding diaryl/α,β-unsaturated/α-hetero) is 1. The predicted molar refractivity (Wildman–Crippen MR) is 156 cm³/mol. The van der Waals surface area contributed by atoms with Crippen LogP contribution < -0.4 is 5.32 Å². The van der Waals surface area contributed by atoms with Crippen molar-refractivity contribution in [3.05, 3.63) is 70.8 Å². The van der Waals surface area contributed by atoms with Crippen LogP contribution in [0.15, 0.2) is 48.5 Å². The van der Waals surface area contributed by atoms with Crippen LogP contribution in [0.4, 0.5) is 0 Å². The number of nitrogens with zero attached hydrogens (tertiary/aromatic N) is 2. The fourth-order valence-corrected chi connectivity index (χ4v) is 5.51. The molecule has 2 unspecified atom stereocenters. The molecule has 2 aromatic rings. The third-order valence-electron chi connectivity index (χ3n) is 7.67. The van der Waals surface area contributed by atoms with E-state index in [1.165, 1.54) is 5.56 Å². The van der Waals surface area contributed by atoms with Crippen molar-refractivity contribution < 1.29 is 23.9 Å². The molecule has 2 aliphatic heterocycles. The Morgan fingerprint density at radius 3 is 1.98 bits per heavy atom. The van der Waals surface area contributed by atoms with Gasteiger partial charge >= 0.3 is 5.97 Å². The second kappa shape index (κ2) is 13.9. The number of esters is 1. The number of amides is 2. The Balaban J connectivity index is 1.27. The molecule has 0 spiro atoms. The minimum absolute atomic E-state index is 0.00302. The van der Waals surface area contributed by atoms with Crippen molar-refractivity contribution in [3.63, 3.8) is 0 Å². The number of carbonyl (C=O) groups is 4. The summed E-state index contributed by atoms with van der Waals surface area (Å²) in [5, 5.41) is 3.42. The molecule has 2 saturated heterocycles. The number of rotatable bonds is 13. The number of aryl methyl sites for hydroxylation is 1. The van der Waals surface area contributed by atoms with Crippen LogP contribution in [0.5, 0.6) is 0 Å². The number of hydrogen-bond donors (Lipinski definition) is 1. The number of ketones is 1. The lowest BCUT2D eigenvalue weighted by Gasteiger charge is -2.19. The zero-order valence-electron chi connectivity index (χ0n) is 24.7. The summed E-state index contributed by atoms with van der Waals surface area (Å²) < 4.78 is 5.29. The molecule has 41 heavy (non-hydrogen) atoms. The number of carbonyl (C=O) groups excluding carboxylic acids is 4. The van der Waals surface area contributed by atoms with Crippen molar-refractivity contribution in [2.75, 3.05) is 13.1 Å². The molecule has 2 aliphatic rings. The van der Waals surface area contributed by atoms with E-state index in [4.69, 9.17) is 4.74 Å². The van der Waals surface area contributed by atoms with Crippen molar-refractivity contribution in [1.29, 1.82) is 0 Å². The van der Waals surface area contributed by atoms with E-state index in [1.54, 1.807) is 23.6 Å². The number of hydrogen-bond acceptors (Lipinski definition) is 6. The minimum Gasteiger partial charge on any atom is -0.463 e. The molecule has 1 N–H and O–H groups in total. The van der Waals surface area contributed by atoms with Crippen LogP contribution in [0.2, 0.25) is 0 Å². The summed E-state index contributed by atoms with van der Waals surface area (Å²) in [6.07, 6.45) is 1.32. The Morgan fingerprint density at radius 1 is 0.829 bits per heavy atom. The van der Waals surface area contributed by atoms with Gasteiger partial charge in [-0.15, -0.1) is 0 Å². The fourth-order valence-electron chi connectivity index (χ4n) is 5.51. The molecule has 2 fully saturated rings. The van der Waals surface area contributed by atoms with Gasteiger partial charge in [0.1, 0.15) is 5.78 Å². The topological polar surface area (TPSA) is 96.0 Å². The zero-order chi connectivity index (χ0) is 29.5. The first kappa shape index (κ1) is 30.4. The molecule has 8 nitrogen and oxygen atoms in total. The molecule has 2 amide bonds. The molecule has 0 saturated carbocycles. The second-order valence-electron chi connectivity index (χ2n) is 12.0. The van der Waals surface area contributed by atoms with E-state index in [0.717, 1.165) is 23.2 Å². The van der Waals surface area contributed by atoms with Crippen molar-refractivity contribution in [1.82, 2.24) is 15.1 Å². The van der Waals surface area contributed by atoms with Gasteiger partial charge in [0.25, 0.3) is 0 Å². The maximum atomic E-state index is 13.0. The molecule has 8 heteroatoms.